The van der Waals surface area contributed by atoms with Crippen molar-refractivity contribution in [3.8, 4) is 0 Å². The van der Waals surface area contributed by atoms with Gasteiger partial charge in [-0.25, -0.2) is 0 Å². The number of hydrogen-bond donors (Lipinski definition) is 0. The van der Waals surface area contributed by atoms with Crippen molar-refractivity contribution in [2.24, 2.45) is 0 Å². The van der Waals surface area contributed by atoms with Crippen LogP contribution in [0.15, 0.2) is 30.3 Å². The molecule has 1 aromatic carbocycles. The topological polar surface area (TPSA) is 0 Å². The fraction of sp³-hybridized carbons (Fsp3) is 0.143. The van der Waals surface area contributed by atoms with Crippen LogP contribution in [0.1, 0.15) is 5.56 Å². The van der Waals surface area contributed by atoms with Gasteiger partial charge in [-0.1, -0.05) is 35.9 Å². The maximum atomic E-state index is 2.08. The maximum absolute atomic E-state index is 2.08. The van der Waals surface area contributed by atoms with Crippen LogP contribution >= 0.6 is 0 Å². The molecule has 0 bridgehead atoms. The first-order valence-corrected chi connectivity index (χ1v) is 2.41. The van der Waals surface area contributed by atoms with Crippen LogP contribution in [0.3, 0.4) is 0 Å². The first kappa shape index (κ1) is 7.75. The summed E-state index contributed by atoms with van der Waals surface area (Å²) in [6.07, 6.45) is 0. The van der Waals surface area contributed by atoms with E-state index in [0.717, 1.165) is 0 Å². The molecule has 0 fully saturated rings. The predicted molar refractivity (Wildman–Crippen MR) is 36.9 cm³/mol. The summed E-state index contributed by atoms with van der Waals surface area (Å²) >= 11 is 0. The molecule has 1 aromatic rings. The van der Waals surface area contributed by atoms with Crippen LogP contribution in [0.25, 0.3) is 0 Å². The SMILES string of the molecule is Cc1ccccc1.[Al]. The lowest BCUT2D eigenvalue weighted by molar-refractivity contribution is 1.48. The first-order chi connectivity index (χ1) is 3.39. The molecule has 1 rings (SSSR count). The molecule has 0 saturated carbocycles. The third-order valence-corrected chi connectivity index (χ3v) is 0.940. The molecular formula is C7H8Al. The zero-order valence-electron chi connectivity index (χ0n) is 4.96. The smallest absolute Gasteiger partial charge is 0 e. The number of rotatable bonds is 0. The fourth-order valence-corrected chi connectivity index (χ4v) is 0.534. The van der Waals surface area contributed by atoms with E-state index in [1.165, 1.54) is 5.56 Å². The van der Waals surface area contributed by atoms with E-state index < -0.39 is 0 Å². The van der Waals surface area contributed by atoms with Crippen LogP contribution in [0.5, 0.6) is 0 Å². The summed E-state index contributed by atoms with van der Waals surface area (Å²) in [5.74, 6) is 0. The van der Waals surface area contributed by atoms with Gasteiger partial charge in [0.05, 0.1) is 0 Å². The molecule has 8 heavy (non-hydrogen) atoms. The van der Waals surface area contributed by atoms with Crippen LogP contribution in [-0.2, 0) is 0 Å². The van der Waals surface area contributed by atoms with Crippen molar-refractivity contribution in [3.05, 3.63) is 35.9 Å². The average molecular weight is 119 g/mol. The standard InChI is InChI=1S/C7H8.Al/c1-7-5-3-2-4-6-7;/h2-6H,1H3;. The van der Waals surface area contributed by atoms with Crippen molar-refractivity contribution in [1.82, 2.24) is 0 Å². The monoisotopic (exact) mass is 119 g/mol. The highest BCUT2D eigenvalue weighted by atomic mass is 27.0. The average Bonchev–Trinajstić information content (AvgIpc) is 1.69. The molecule has 0 atom stereocenters. The molecule has 3 radical (unpaired) electrons. The summed E-state index contributed by atoms with van der Waals surface area (Å²) in [6, 6.07) is 10.3. The molecule has 0 N–H and O–H groups in total. The van der Waals surface area contributed by atoms with Crippen LogP contribution in [0, 0.1) is 6.92 Å². The molecule has 0 saturated heterocycles. The lowest BCUT2D eigenvalue weighted by Gasteiger charge is -1.82. The second kappa shape index (κ2) is 3.72. The van der Waals surface area contributed by atoms with Gasteiger partial charge in [0.25, 0.3) is 0 Å². The van der Waals surface area contributed by atoms with Crippen molar-refractivity contribution in [2.45, 2.75) is 6.92 Å². The Morgan fingerprint density at radius 2 is 1.50 bits per heavy atom. The third-order valence-electron chi connectivity index (χ3n) is 0.940. The number of aryl methyl sites for hydroxylation is 1. The Morgan fingerprint density at radius 1 is 1.00 bits per heavy atom. The lowest BCUT2D eigenvalue weighted by atomic mass is 10.2. The molecule has 0 heterocycles. The van der Waals surface area contributed by atoms with Gasteiger partial charge in [0.1, 0.15) is 0 Å². The van der Waals surface area contributed by atoms with Gasteiger partial charge >= 0.3 is 0 Å². The van der Waals surface area contributed by atoms with Crippen LogP contribution in [0.4, 0.5) is 0 Å². The van der Waals surface area contributed by atoms with Gasteiger partial charge in [0.2, 0.25) is 0 Å². The molecular weight excluding hydrogens is 111 g/mol. The van der Waals surface area contributed by atoms with Gasteiger partial charge in [-0.2, -0.15) is 0 Å². The number of benzene rings is 1. The largest absolute Gasteiger partial charge is 0.0622 e. The minimum atomic E-state index is 0. The molecule has 0 aromatic heterocycles. The molecule has 0 amide bonds. The first-order valence-electron chi connectivity index (χ1n) is 2.41. The van der Waals surface area contributed by atoms with Crippen LogP contribution in [-0.4, -0.2) is 17.4 Å². The highest BCUT2D eigenvalue weighted by Crippen LogP contribution is 1.92. The van der Waals surface area contributed by atoms with E-state index in [9.17, 15) is 0 Å². The van der Waals surface area contributed by atoms with E-state index in [1.54, 1.807) is 0 Å². The van der Waals surface area contributed by atoms with Crippen molar-refractivity contribution >= 4 is 17.4 Å². The molecule has 0 spiro atoms. The van der Waals surface area contributed by atoms with Gasteiger partial charge in [0.15, 0.2) is 0 Å². The highest BCUT2D eigenvalue weighted by Gasteiger charge is 1.72. The van der Waals surface area contributed by atoms with E-state index in [4.69, 9.17) is 0 Å². The number of hydrogen-bond acceptors (Lipinski definition) is 0. The van der Waals surface area contributed by atoms with Crippen molar-refractivity contribution in [2.75, 3.05) is 0 Å². The van der Waals surface area contributed by atoms with Crippen molar-refractivity contribution in [3.63, 3.8) is 0 Å². The van der Waals surface area contributed by atoms with Crippen molar-refractivity contribution < 1.29 is 0 Å². The van der Waals surface area contributed by atoms with E-state index in [-0.39, 0.29) is 17.4 Å². The molecule has 0 aliphatic heterocycles. The van der Waals surface area contributed by atoms with E-state index >= 15 is 0 Å². The van der Waals surface area contributed by atoms with E-state index in [0.29, 0.717) is 0 Å². The van der Waals surface area contributed by atoms with Crippen molar-refractivity contribution in [1.29, 1.82) is 0 Å². The summed E-state index contributed by atoms with van der Waals surface area (Å²) in [7, 11) is 0. The third kappa shape index (κ3) is 2.16. The van der Waals surface area contributed by atoms with Gasteiger partial charge in [-0.15, -0.1) is 0 Å². The molecule has 0 nitrogen and oxygen atoms in total. The second-order valence-electron chi connectivity index (χ2n) is 1.65. The summed E-state index contributed by atoms with van der Waals surface area (Å²) in [6.45, 7) is 2.08. The van der Waals surface area contributed by atoms with Gasteiger partial charge in [-0.05, 0) is 6.92 Å². The molecule has 0 aliphatic rings. The van der Waals surface area contributed by atoms with Gasteiger partial charge < -0.3 is 0 Å². The predicted octanol–water partition coefficient (Wildman–Crippen LogP) is 1.61. The normalized spacial score (nSPS) is 7.62. The minimum absolute atomic E-state index is 0. The molecule has 1 heteroatoms. The summed E-state index contributed by atoms with van der Waals surface area (Å²) < 4.78 is 0. The molecule has 39 valence electrons. The Morgan fingerprint density at radius 3 is 1.75 bits per heavy atom. The zero-order chi connectivity index (χ0) is 5.11. The summed E-state index contributed by atoms with van der Waals surface area (Å²) in [5, 5.41) is 0. The quantitative estimate of drug-likeness (QED) is 0.455. The maximum Gasteiger partial charge on any atom is 0 e. The van der Waals surface area contributed by atoms with E-state index in [2.05, 4.69) is 19.1 Å². The second-order valence-corrected chi connectivity index (χ2v) is 1.65. The fourth-order valence-electron chi connectivity index (χ4n) is 0.534. The zero-order valence-corrected chi connectivity index (χ0v) is 6.12. The summed E-state index contributed by atoms with van der Waals surface area (Å²) in [5.41, 5.74) is 1.32. The van der Waals surface area contributed by atoms with Crippen LogP contribution in [0.2, 0.25) is 0 Å². The Balaban J connectivity index is 0.000000490. The van der Waals surface area contributed by atoms with Gasteiger partial charge in [-0.3, -0.25) is 0 Å². The van der Waals surface area contributed by atoms with Crippen LogP contribution < -0.4 is 0 Å². The van der Waals surface area contributed by atoms with E-state index in [1.807, 2.05) is 18.2 Å². The molecule has 0 unspecified atom stereocenters. The lowest BCUT2D eigenvalue weighted by Crippen LogP contribution is -1.62. The Labute approximate surface area is 60.7 Å². The minimum Gasteiger partial charge on any atom is -0.0622 e. The highest BCUT2D eigenvalue weighted by molar-refractivity contribution is 5.75. The Kier molecular flexibility index (Phi) is 3.60. The summed E-state index contributed by atoms with van der Waals surface area (Å²) in [4.78, 5) is 0. The van der Waals surface area contributed by atoms with Gasteiger partial charge in [0, 0.05) is 17.4 Å². The Hall–Kier alpha value is -0.248. The molecule has 0 aliphatic carbocycles. The Bertz CT molecular complexity index is 134.